The molecule has 1 atom stereocenters. The number of hydrogen-bond acceptors (Lipinski definition) is 4. The van der Waals surface area contributed by atoms with Crippen LogP contribution in [0.3, 0.4) is 0 Å². The molecule has 1 unspecified atom stereocenters. The average molecular weight is 212 g/mol. The molecule has 0 saturated heterocycles. The number of aliphatic hydroxyl groups is 1. The quantitative estimate of drug-likeness (QED) is 0.783. The number of rotatable bonds is 6. The third-order valence-electron chi connectivity index (χ3n) is 2.13. The Kier molecular flexibility index (Phi) is 4.75. The van der Waals surface area contributed by atoms with E-state index in [1.54, 1.807) is 0 Å². The molecule has 0 bridgehead atoms. The van der Waals surface area contributed by atoms with Crippen molar-refractivity contribution in [1.29, 1.82) is 0 Å². The fourth-order valence-electron chi connectivity index (χ4n) is 1.46. The summed E-state index contributed by atoms with van der Waals surface area (Å²) in [7, 11) is 0. The van der Waals surface area contributed by atoms with E-state index in [9.17, 15) is 5.11 Å². The zero-order valence-corrected chi connectivity index (χ0v) is 9.73. The molecule has 0 aromatic carbocycles. The van der Waals surface area contributed by atoms with Gasteiger partial charge in [0.15, 0.2) is 5.82 Å². The number of aromatic nitrogens is 2. The molecule has 0 amide bonds. The monoisotopic (exact) mass is 212 g/mol. The average Bonchev–Trinajstić information content (AvgIpc) is 2.51. The van der Waals surface area contributed by atoms with Crippen molar-refractivity contribution in [2.75, 3.05) is 0 Å². The van der Waals surface area contributed by atoms with Crippen LogP contribution in [0.5, 0.6) is 0 Å². The molecule has 1 aromatic heterocycles. The fraction of sp³-hybridized carbons (Fsp3) is 0.818. The zero-order chi connectivity index (χ0) is 11.3. The Bertz CT molecular complexity index is 284. The zero-order valence-electron chi connectivity index (χ0n) is 9.73. The summed E-state index contributed by atoms with van der Waals surface area (Å²) >= 11 is 0. The predicted octanol–water partition coefficient (Wildman–Crippen LogP) is 1.97. The molecule has 4 heteroatoms. The number of hydrogen-bond donors (Lipinski definition) is 1. The standard InChI is InChI=1S/C11H20N2O2/c1-4-5-9(14)7-11-12-10(13-15-11)6-8(2)3/h8-9,14H,4-7H2,1-3H3. The Hall–Kier alpha value is -0.900. The van der Waals surface area contributed by atoms with Gasteiger partial charge in [-0.15, -0.1) is 0 Å². The lowest BCUT2D eigenvalue weighted by Gasteiger charge is -2.03. The van der Waals surface area contributed by atoms with Gasteiger partial charge in [-0.3, -0.25) is 0 Å². The van der Waals surface area contributed by atoms with E-state index >= 15 is 0 Å². The Morgan fingerprint density at radius 2 is 2.07 bits per heavy atom. The summed E-state index contributed by atoms with van der Waals surface area (Å²) in [6, 6.07) is 0. The Morgan fingerprint density at radius 3 is 2.67 bits per heavy atom. The Morgan fingerprint density at radius 1 is 1.33 bits per heavy atom. The summed E-state index contributed by atoms with van der Waals surface area (Å²) in [6.45, 7) is 6.27. The molecule has 1 N–H and O–H groups in total. The molecule has 1 rings (SSSR count). The van der Waals surface area contributed by atoms with Gasteiger partial charge < -0.3 is 9.63 Å². The maximum absolute atomic E-state index is 9.57. The first kappa shape index (κ1) is 12.2. The van der Waals surface area contributed by atoms with Crippen LogP contribution in [-0.2, 0) is 12.8 Å². The predicted molar refractivity (Wildman–Crippen MR) is 57.5 cm³/mol. The molecule has 0 radical (unpaired) electrons. The summed E-state index contributed by atoms with van der Waals surface area (Å²) in [6.07, 6.45) is 2.69. The van der Waals surface area contributed by atoms with Crippen LogP contribution in [0.15, 0.2) is 4.52 Å². The van der Waals surface area contributed by atoms with Crippen LogP contribution < -0.4 is 0 Å². The molecular weight excluding hydrogens is 192 g/mol. The molecule has 4 nitrogen and oxygen atoms in total. The van der Waals surface area contributed by atoms with Gasteiger partial charge in [-0.1, -0.05) is 32.3 Å². The first-order valence-electron chi connectivity index (χ1n) is 5.61. The third kappa shape index (κ3) is 4.42. The molecule has 0 fully saturated rings. The smallest absolute Gasteiger partial charge is 0.229 e. The molecule has 0 spiro atoms. The highest BCUT2D eigenvalue weighted by atomic mass is 16.5. The number of aliphatic hydroxyl groups excluding tert-OH is 1. The third-order valence-corrected chi connectivity index (χ3v) is 2.13. The molecule has 1 aromatic rings. The maximum Gasteiger partial charge on any atom is 0.229 e. The van der Waals surface area contributed by atoms with Gasteiger partial charge in [-0.25, -0.2) is 0 Å². The minimum absolute atomic E-state index is 0.359. The highest BCUT2D eigenvalue weighted by molar-refractivity contribution is 4.88. The van der Waals surface area contributed by atoms with Crippen LogP contribution in [-0.4, -0.2) is 21.4 Å². The van der Waals surface area contributed by atoms with E-state index in [1.807, 2.05) is 6.92 Å². The topological polar surface area (TPSA) is 59.2 Å². The molecule has 0 aliphatic rings. The van der Waals surface area contributed by atoms with Crippen molar-refractivity contribution in [2.45, 2.75) is 52.6 Å². The molecule has 86 valence electrons. The van der Waals surface area contributed by atoms with Crippen molar-refractivity contribution < 1.29 is 9.63 Å². The SMILES string of the molecule is CCCC(O)Cc1nc(CC(C)C)no1. The normalized spacial score (nSPS) is 13.4. The van der Waals surface area contributed by atoms with Crippen LogP contribution in [0.1, 0.15) is 45.3 Å². The summed E-state index contributed by atoms with van der Waals surface area (Å²) in [4.78, 5) is 4.23. The van der Waals surface area contributed by atoms with Gasteiger partial charge in [0.1, 0.15) is 0 Å². The minimum atomic E-state index is -0.359. The molecule has 1 heterocycles. The molecule has 15 heavy (non-hydrogen) atoms. The van der Waals surface area contributed by atoms with Crippen molar-refractivity contribution in [3.8, 4) is 0 Å². The van der Waals surface area contributed by atoms with Gasteiger partial charge in [0.05, 0.1) is 12.5 Å². The van der Waals surface area contributed by atoms with Gasteiger partial charge in [0.2, 0.25) is 5.89 Å². The summed E-state index contributed by atoms with van der Waals surface area (Å²) in [5.74, 6) is 1.81. The second-order valence-electron chi connectivity index (χ2n) is 4.35. The summed E-state index contributed by atoms with van der Waals surface area (Å²) in [5, 5.41) is 13.4. The van der Waals surface area contributed by atoms with Gasteiger partial charge >= 0.3 is 0 Å². The van der Waals surface area contributed by atoms with Gasteiger partial charge in [0.25, 0.3) is 0 Å². The molecule has 0 aliphatic heterocycles. The first-order valence-corrected chi connectivity index (χ1v) is 5.61. The van der Waals surface area contributed by atoms with Crippen molar-refractivity contribution in [1.82, 2.24) is 10.1 Å². The van der Waals surface area contributed by atoms with E-state index in [4.69, 9.17) is 4.52 Å². The van der Waals surface area contributed by atoms with Crippen LogP contribution in [0.2, 0.25) is 0 Å². The van der Waals surface area contributed by atoms with E-state index in [1.165, 1.54) is 0 Å². The second-order valence-corrected chi connectivity index (χ2v) is 4.35. The van der Waals surface area contributed by atoms with Crippen molar-refractivity contribution in [3.63, 3.8) is 0 Å². The van der Waals surface area contributed by atoms with E-state index in [2.05, 4.69) is 24.0 Å². The van der Waals surface area contributed by atoms with Crippen molar-refractivity contribution in [3.05, 3.63) is 11.7 Å². The van der Waals surface area contributed by atoms with Crippen molar-refractivity contribution >= 4 is 0 Å². The van der Waals surface area contributed by atoms with E-state index in [-0.39, 0.29) is 6.10 Å². The maximum atomic E-state index is 9.57. The highest BCUT2D eigenvalue weighted by Gasteiger charge is 2.12. The summed E-state index contributed by atoms with van der Waals surface area (Å²) < 4.78 is 5.06. The minimum Gasteiger partial charge on any atom is -0.393 e. The lowest BCUT2D eigenvalue weighted by atomic mass is 10.1. The Balaban J connectivity index is 2.45. The van der Waals surface area contributed by atoms with Crippen LogP contribution >= 0.6 is 0 Å². The van der Waals surface area contributed by atoms with Gasteiger partial charge in [-0.2, -0.15) is 4.98 Å². The van der Waals surface area contributed by atoms with Crippen LogP contribution in [0.4, 0.5) is 0 Å². The molecular formula is C11H20N2O2. The fourth-order valence-corrected chi connectivity index (χ4v) is 1.46. The lowest BCUT2D eigenvalue weighted by molar-refractivity contribution is 0.151. The molecule has 0 aliphatic carbocycles. The Labute approximate surface area is 90.7 Å². The van der Waals surface area contributed by atoms with Gasteiger partial charge in [0, 0.05) is 6.42 Å². The molecule has 0 saturated carbocycles. The summed E-state index contributed by atoms with van der Waals surface area (Å²) in [5.41, 5.74) is 0. The van der Waals surface area contributed by atoms with E-state index < -0.39 is 0 Å². The second kappa shape index (κ2) is 5.85. The first-order chi connectivity index (χ1) is 7.11. The highest BCUT2D eigenvalue weighted by Crippen LogP contribution is 2.08. The van der Waals surface area contributed by atoms with Gasteiger partial charge in [-0.05, 0) is 12.3 Å². The van der Waals surface area contributed by atoms with Crippen molar-refractivity contribution in [2.24, 2.45) is 5.92 Å². The van der Waals surface area contributed by atoms with Crippen LogP contribution in [0, 0.1) is 5.92 Å². The lowest BCUT2D eigenvalue weighted by Crippen LogP contribution is -2.10. The van der Waals surface area contributed by atoms with E-state index in [0.29, 0.717) is 18.2 Å². The number of nitrogens with zero attached hydrogens (tertiary/aromatic N) is 2. The van der Waals surface area contributed by atoms with E-state index in [0.717, 1.165) is 25.1 Å². The van der Waals surface area contributed by atoms with Crippen LogP contribution in [0.25, 0.3) is 0 Å². The largest absolute Gasteiger partial charge is 0.393 e.